The summed E-state index contributed by atoms with van der Waals surface area (Å²) in [5.74, 6) is 0. The van der Waals surface area contributed by atoms with Crippen LogP contribution in [0.2, 0.25) is 0 Å². The van der Waals surface area contributed by atoms with E-state index in [-0.39, 0.29) is 92.4 Å². The minimum atomic E-state index is 0. The Morgan fingerprint density at radius 3 is 0.400 bits per heavy atom. The molecule has 0 aliphatic heterocycles. The zero-order valence-electron chi connectivity index (χ0n) is 7.21. The summed E-state index contributed by atoms with van der Waals surface area (Å²) in [5.41, 5.74) is 0. The Kier molecular flexibility index (Phi) is 1150000. The summed E-state index contributed by atoms with van der Waals surface area (Å²) in [7, 11) is 0. The topological polar surface area (TPSA) is 143 Å². The Balaban J connectivity index is -0.00000000396. The SMILES string of the molecule is C#N.C#N.C#N.C#N.C#N.C#N.[Fe].[KH].[SnH2]. The fourth-order valence-electron chi connectivity index (χ4n) is 0. The molecule has 6 nitrogen and oxygen atoms in total. The summed E-state index contributed by atoms with van der Waals surface area (Å²) in [4.78, 5) is 0. The molecule has 0 saturated heterocycles. The first-order valence-electron chi connectivity index (χ1n) is 1.55. The molecule has 0 atom stereocenters. The minimum absolute atomic E-state index is 0. The molecule has 2 radical (unpaired) electrons. The molecular formula is C6H9FeKN6Sn. The molecule has 0 aromatic heterocycles. The van der Waals surface area contributed by atoms with E-state index >= 15 is 0 Å². The fourth-order valence-corrected chi connectivity index (χ4v) is 0. The van der Waals surface area contributed by atoms with Gasteiger partial charge in [-0.15, -0.1) is 0 Å². The van der Waals surface area contributed by atoms with E-state index in [4.69, 9.17) is 31.6 Å². The molecule has 0 aliphatic rings. The molecule has 0 unspecified atom stereocenters. The average Bonchev–Trinajstić information content (AvgIpc) is 2.33. The zero-order valence-corrected chi connectivity index (χ0v) is 12.3. The van der Waals surface area contributed by atoms with Crippen molar-refractivity contribution in [1.29, 1.82) is 31.6 Å². The molecule has 0 saturated carbocycles. The van der Waals surface area contributed by atoms with Crippen LogP contribution in [0.3, 0.4) is 0 Å². The second-order valence-electron chi connectivity index (χ2n) is 0. The molecule has 0 spiro atoms. The van der Waals surface area contributed by atoms with Crippen LogP contribution in [0.1, 0.15) is 0 Å². The van der Waals surface area contributed by atoms with Crippen molar-refractivity contribution in [3.63, 3.8) is 0 Å². The van der Waals surface area contributed by atoms with Gasteiger partial charge in [0, 0.05) is 56.5 Å². The molecule has 0 N–H and O–H groups in total. The van der Waals surface area contributed by atoms with Gasteiger partial charge in [0.15, 0.2) is 0 Å². The quantitative estimate of drug-likeness (QED) is 0.508. The summed E-state index contributed by atoms with van der Waals surface area (Å²) < 4.78 is 0. The fraction of sp³-hybridized carbons (Fsp3) is 0. The van der Waals surface area contributed by atoms with Gasteiger partial charge >= 0.3 is 75.3 Å². The molecule has 0 aliphatic carbocycles. The Morgan fingerprint density at radius 2 is 0.400 bits per heavy atom. The van der Waals surface area contributed by atoms with Gasteiger partial charge in [-0.05, 0) is 0 Å². The number of nitrogens with zero attached hydrogens (tertiary/aromatic N) is 6. The number of nitriles is 6. The van der Waals surface area contributed by atoms with Gasteiger partial charge in [-0.2, -0.15) is 0 Å². The second-order valence-corrected chi connectivity index (χ2v) is 0. The normalized spacial score (nSPS) is 0.800. The van der Waals surface area contributed by atoms with Crippen LogP contribution in [0.25, 0.3) is 0 Å². The first-order chi connectivity index (χ1) is 6.00. The molecule has 0 bridgehead atoms. The van der Waals surface area contributed by atoms with E-state index in [1.54, 1.807) is 0 Å². The van der Waals surface area contributed by atoms with Crippen LogP contribution < -0.4 is 0 Å². The van der Waals surface area contributed by atoms with Crippen molar-refractivity contribution in [3.05, 3.63) is 0 Å². The summed E-state index contributed by atoms with van der Waals surface area (Å²) in [5, 5.41) is 39.0. The third-order valence-electron chi connectivity index (χ3n) is 0. The summed E-state index contributed by atoms with van der Waals surface area (Å²) in [6, 6.07) is 0. The van der Waals surface area contributed by atoms with Gasteiger partial charge in [0.25, 0.3) is 0 Å². The van der Waals surface area contributed by atoms with E-state index in [9.17, 15) is 0 Å². The summed E-state index contributed by atoms with van der Waals surface area (Å²) in [6.45, 7) is 21.0. The molecule has 76 valence electrons. The third-order valence-corrected chi connectivity index (χ3v) is 0. The van der Waals surface area contributed by atoms with Gasteiger partial charge in [-0.3, -0.25) is 0 Å². The van der Waals surface area contributed by atoms with Gasteiger partial charge in [-0.25, -0.2) is 31.6 Å². The first kappa shape index (κ1) is 82.8. The van der Waals surface area contributed by atoms with Gasteiger partial charge in [0.2, 0.25) is 0 Å². The average molecular weight is 379 g/mol. The van der Waals surface area contributed by atoms with Crippen LogP contribution in [-0.2, 0) is 17.1 Å². The van der Waals surface area contributed by atoms with Crippen molar-refractivity contribution in [2.75, 3.05) is 0 Å². The van der Waals surface area contributed by atoms with E-state index in [1.165, 1.54) is 0 Å². The van der Waals surface area contributed by atoms with E-state index in [2.05, 4.69) is 39.4 Å². The molecule has 0 aromatic carbocycles. The van der Waals surface area contributed by atoms with E-state index in [1.807, 2.05) is 0 Å². The molecule has 9 heteroatoms. The maximum atomic E-state index is 6.50. The number of hydrogen-bond acceptors (Lipinski definition) is 6. The second kappa shape index (κ2) is 208000. The molecular weight excluding hydrogens is 370 g/mol. The van der Waals surface area contributed by atoms with E-state index in [0.717, 1.165) is 0 Å². The van der Waals surface area contributed by atoms with Crippen molar-refractivity contribution in [3.8, 4) is 39.4 Å². The van der Waals surface area contributed by atoms with Crippen LogP contribution in [-0.4, -0.2) is 75.3 Å². The number of hydrogen-bond donors (Lipinski definition) is 0. The third kappa shape index (κ3) is 177000. The van der Waals surface area contributed by atoms with Crippen LogP contribution in [0.4, 0.5) is 0 Å². The van der Waals surface area contributed by atoms with Crippen molar-refractivity contribution in [2.24, 2.45) is 0 Å². The van der Waals surface area contributed by atoms with Crippen molar-refractivity contribution in [1.82, 2.24) is 0 Å². The zero-order chi connectivity index (χ0) is 12.0. The Hall–Kier alpha value is -0.105. The maximum absolute atomic E-state index is 6.50. The van der Waals surface area contributed by atoms with Gasteiger partial charge in [0.1, 0.15) is 0 Å². The monoisotopic (exact) mass is 380 g/mol. The van der Waals surface area contributed by atoms with Crippen LogP contribution >= 0.6 is 0 Å². The van der Waals surface area contributed by atoms with Crippen molar-refractivity contribution < 1.29 is 17.1 Å². The van der Waals surface area contributed by atoms with Gasteiger partial charge in [-0.1, -0.05) is 0 Å². The summed E-state index contributed by atoms with van der Waals surface area (Å²) in [6.07, 6.45) is 0. The van der Waals surface area contributed by atoms with Crippen LogP contribution in [0.5, 0.6) is 0 Å². The predicted octanol–water partition coefficient (Wildman–Crippen LogP) is -0.729. The molecule has 0 fully saturated rings. The predicted molar refractivity (Wildman–Crippen MR) is 55.7 cm³/mol. The Bertz CT molecular complexity index is 103. The van der Waals surface area contributed by atoms with E-state index < -0.39 is 0 Å². The number of rotatable bonds is 0. The van der Waals surface area contributed by atoms with Crippen molar-refractivity contribution in [2.45, 2.75) is 0 Å². The first-order valence-corrected chi connectivity index (χ1v) is 1.55. The molecule has 0 heterocycles. The van der Waals surface area contributed by atoms with Gasteiger partial charge < -0.3 is 0 Å². The molecule has 0 amide bonds. The molecule has 15 heavy (non-hydrogen) atoms. The van der Waals surface area contributed by atoms with Gasteiger partial charge in [0.05, 0.1) is 0 Å². The molecule has 0 aromatic rings. The Labute approximate surface area is 161 Å². The van der Waals surface area contributed by atoms with Crippen LogP contribution in [0, 0.1) is 71.0 Å². The Morgan fingerprint density at radius 1 is 0.400 bits per heavy atom. The molecule has 0 rings (SSSR count). The van der Waals surface area contributed by atoms with Crippen molar-refractivity contribution >= 4 is 75.3 Å². The standard InChI is InChI=1S/6CHN.Fe.K.Sn.3H/c6*1-2;;;;;;/h6*1H;;;;;;. The van der Waals surface area contributed by atoms with Crippen LogP contribution in [0.15, 0.2) is 0 Å². The summed E-state index contributed by atoms with van der Waals surface area (Å²) >= 11 is 0. The van der Waals surface area contributed by atoms with E-state index in [0.29, 0.717) is 0 Å².